The van der Waals surface area contributed by atoms with Crippen molar-refractivity contribution in [3.8, 4) is 0 Å². The van der Waals surface area contributed by atoms with Gasteiger partial charge in [0.15, 0.2) is 0 Å². The topological polar surface area (TPSA) is 58.0 Å². The van der Waals surface area contributed by atoms with Gasteiger partial charge in [0.1, 0.15) is 0 Å². The minimum Gasteiger partial charge on any atom is -0.288 e. The van der Waals surface area contributed by atoms with E-state index < -0.39 is 0 Å². The van der Waals surface area contributed by atoms with Crippen molar-refractivity contribution in [2.45, 2.75) is 13.8 Å². The summed E-state index contributed by atoms with van der Waals surface area (Å²) in [5.41, 5.74) is 3.56. The molecule has 0 atom stereocenters. The molecule has 1 aromatic heterocycles. The molecule has 0 radical (unpaired) electrons. The Morgan fingerprint density at radius 1 is 1.30 bits per heavy atom. The molecule has 2 N–H and O–H groups in total. The molecule has 0 spiro atoms. The highest BCUT2D eigenvalue weighted by atomic mass is 16.5. The Balaban J connectivity index is 3.06. The number of aryl methyl sites for hydroxylation is 2. The molecule has 0 aliphatic carbocycles. The van der Waals surface area contributed by atoms with Gasteiger partial charge in [0.2, 0.25) is 5.95 Å². The third-order valence-corrected chi connectivity index (χ3v) is 1.08. The summed E-state index contributed by atoms with van der Waals surface area (Å²) in [5, 5.41) is 8.41. The van der Waals surface area contributed by atoms with Gasteiger partial charge >= 0.3 is 0 Å². The van der Waals surface area contributed by atoms with Crippen LogP contribution < -0.4 is 5.48 Å². The summed E-state index contributed by atoms with van der Waals surface area (Å²) in [5.74, 6) is 0.248. The van der Waals surface area contributed by atoms with Crippen LogP contribution in [0.4, 0.5) is 5.95 Å². The first-order chi connectivity index (χ1) is 4.72. The molecule has 4 heteroatoms. The molecule has 0 aliphatic heterocycles. The number of nitrogens with one attached hydrogen (secondary N) is 1. The first-order valence-corrected chi connectivity index (χ1v) is 2.95. The molecule has 54 valence electrons. The number of hydrogen-bond acceptors (Lipinski definition) is 4. The lowest BCUT2D eigenvalue weighted by Crippen LogP contribution is -1.99. The van der Waals surface area contributed by atoms with Crippen molar-refractivity contribution in [2.24, 2.45) is 0 Å². The van der Waals surface area contributed by atoms with Gasteiger partial charge in [-0.05, 0) is 19.9 Å². The fourth-order valence-electron chi connectivity index (χ4n) is 0.776. The van der Waals surface area contributed by atoms with E-state index in [1.165, 1.54) is 0 Å². The molecular formula is C6H9N3O. The van der Waals surface area contributed by atoms with Gasteiger partial charge in [-0.1, -0.05) is 0 Å². The molecule has 1 aromatic rings. The lowest BCUT2D eigenvalue weighted by Gasteiger charge is -1.98. The standard InChI is InChI=1S/C6H9N3O/c1-4-3-5(2)8-6(7-4)9-10/h3,10H,1-2H3,(H,7,8,9). The molecule has 4 nitrogen and oxygen atoms in total. The normalized spacial score (nSPS) is 9.50. The highest BCUT2D eigenvalue weighted by Gasteiger charge is 1.94. The first kappa shape index (κ1) is 6.95. The molecule has 0 amide bonds. The molecular weight excluding hydrogens is 130 g/mol. The SMILES string of the molecule is Cc1cc(C)nc(NO)n1. The molecule has 0 saturated carbocycles. The molecule has 0 saturated heterocycles. The molecule has 10 heavy (non-hydrogen) atoms. The summed E-state index contributed by atoms with van der Waals surface area (Å²) in [6, 6.07) is 1.83. The van der Waals surface area contributed by atoms with Crippen molar-refractivity contribution in [2.75, 3.05) is 5.48 Å². The average molecular weight is 139 g/mol. The van der Waals surface area contributed by atoms with Crippen molar-refractivity contribution < 1.29 is 5.21 Å². The van der Waals surface area contributed by atoms with Crippen LogP contribution in [0.25, 0.3) is 0 Å². The van der Waals surface area contributed by atoms with E-state index >= 15 is 0 Å². The smallest absolute Gasteiger partial charge is 0.247 e. The van der Waals surface area contributed by atoms with Crippen molar-refractivity contribution in [1.82, 2.24) is 9.97 Å². The van der Waals surface area contributed by atoms with E-state index in [0.29, 0.717) is 0 Å². The Morgan fingerprint density at radius 2 is 1.80 bits per heavy atom. The Hall–Kier alpha value is -1.16. The van der Waals surface area contributed by atoms with Crippen LogP contribution in [0, 0.1) is 13.8 Å². The van der Waals surface area contributed by atoms with Crippen LogP contribution in [-0.4, -0.2) is 15.2 Å². The zero-order chi connectivity index (χ0) is 7.56. The maximum absolute atomic E-state index is 8.41. The van der Waals surface area contributed by atoms with Gasteiger partial charge in [0.05, 0.1) is 0 Å². The monoisotopic (exact) mass is 139 g/mol. The van der Waals surface area contributed by atoms with Crippen LogP contribution in [-0.2, 0) is 0 Å². The van der Waals surface area contributed by atoms with Gasteiger partial charge < -0.3 is 0 Å². The number of hydrogen-bond donors (Lipinski definition) is 2. The fourth-order valence-corrected chi connectivity index (χ4v) is 0.776. The zero-order valence-electron chi connectivity index (χ0n) is 5.92. The number of nitrogens with zero attached hydrogens (tertiary/aromatic N) is 2. The molecule has 0 aliphatic rings. The van der Waals surface area contributed by atoms with Crippen molar-refractivity contribution >= 4 is 5.95 Å². The van der Waals surface area contributed by atoms with Crippen LogP contribution in [0.15, 0.2) is 6.07 Å². The molecule has 1 rings (SSSR count). The minimum atomic E-state index is 0.248. The lowest BCUT2D eigenvalue weighted by molar-refractivity contribution is 0.382. The summed E-state index contributed by atoms with van der Waals surface area (Å²) in [4.78, 5) is 7.76. The Morgan fingerprint density at radius 3 is 2.20 bits per heavy atom. The summed E-state index contributed by atoms with van der Waals surface area (Å²) in [6.07, 6.45) is 0. The third kappa shape index (κ3) is 1.41. The van der Waals surface area contributed by atoms with Crippen LogP contribution >= 0.6 is 0 Å². The fraction of sp³-hybridized carbons (Fsp3) is 0.333. The zero-order valence-corrected chi connectivity index (χ0v) is 5.92. The number of rotatable bonds is 1. The summed E-state index contributed by atoms with van der Waals surface area (Å²) < 4.78 is 0. The molecule has 1 heterocycles. The number of aromatic nitrogens is 2. The maximum atomic E-state index is 8.41. The lowest BCUT2D eigenvalue weighted by atomic mass is 10.4. The van der Waals surface area contributed by atoms with Crippen LogP contribution in [0.1, 0.15) is 11.4 Å². The highest BCUT2D eigenvalue weighted by molar-refractivity contribution is 5.24. The molecule has 0 bridgehead atoms. The van der Waals surface area contributed by atoms with Gasteiger partial charge in [-0.25, -0.2) is 15.4 Å². The van der Waals surface area contributed by atoms with Crippen LogP contribution in [0.5, 0.6) is 0 Å². The highest BCUT2D eigenvalue weighted by Crippen LogP contribution is 2.01. The van der Waals surface area contributed by atoms with Gasteiger partial charge in [0.25, 0.3) is 0 Å². The number of anilines is 1. The second-order valence-corrected chi connectivity index (χ2v) is 2.09. The van der Waals surface area contributed by atoms with E-state index in [-0.39, 0.29) is 5.95 Å². The first-order valence-electron chi connectivity index (χ1n) is 2.95. The minimum absolute atomic E-state index is 0.248. The van der Waals surface area contributed by atoms with Crippen molar-refractivity contribution in [3.63, 3.8) is 0 Å². The summed E-state index contributed by atoms with van der Waals surface area (Å²) in [6.45, 7) is 3.69. The van der Waals surface area contributed by atoms with Gasteiger partial charge in [-0.3, -0.25) is 5.21 Å². The van der Waals surface area contributed by atoms with Gasteiger partial charge in [-0.2, -0.15) is 0 Å². The Kier molecular flexibility index (Phi) is 1.82. The summed E-state index contributed by atoms with van der Waals surface area (Å²) >= 11 is 0. The average Bonchev–Trinajstić information content (AvgIpc) is 1.85. The van der Waals surface area contributed by atoms with Crippen LogP contribution in [0.2, 0.25) is 0 Å². The molecule has 0 aromatic carbocycles. The van der Waals surface area contributed by atoms with E-state index in [4.69, 9.17) is 5.21 Å². The van der Waals surface area contributed by atoms with E-state index in [9.17, 15) is 0 Å². The molecule has 0 fully saturated rings. The third-order valence-electron chi connectivity index (χ3n) is 1.08. The molecule has 0 unspecified atom stereocenters. The maximum Gasteiger partial charge on any atom is 0.247 e. The largest absolute Gasteiger partial charge is 0.288 e. The predicted molar refractivity (Wildman–Crippen MR) is 36.9 cm³/mol. The van der Waals surface area contributed by atoms with Crippen molar-refractivity contribution in [3.05, 3.63) is 17.5 Å². The summed E-state index contributed by atoms with van der Waals surface area (Å²) in [7, 11) is 0. The quantitative estimate of drug-likeness (QED) is 0.567. The van der Waals surface area contributed by atoms with E-state index in [2.05, 4.69) is 9.97 Å². The van der Waals surface area contributed by atoms with Gasteiger partial charge in [-0.15, -0.1) is 0 Å². The Labute approximate surface area is 58.9 Å². The van der Waals surface area contributed by atoms with E-state index in [1.807, 2.05) is 25.4 Å². The van der Waals surface area contributed by atoms with E-state index in [0.717, 1.165) is 11.4 Å². The second-order valence-electron chi connectivity index (χ2n) is 2.09. The Bertz CT molecular complexity index is 216. The van der Waals surface area contributed by atoms with Crippen molar-refractivity contribution in [1.29, 1.82) is 0 Å². The van der Waals surface area contributed by atoms with E-state index in [1.54, 1.807) is 0 Å². The predicted octanol–water partition coefficient (Wildman–Crippen LogP) is 0.895. The second kappa shape index (κ2) is 2.62. The van der Waals surface area contributed by atoms with Crippen LogP contribution in [0.3, 0.4) is 0 Å². The van der Waals surface area contributed by atoms with Gasteiger partial charge in [0, 0.05) is 11.4 Å².